The zero-order chi connectivity index (χ0) is 15.4. The van der Waals surface area contributed by atoms with Gasteiger partial charge in [0.05, 0.1) is 0 Å². The maximum atomic E-state index is 12.1. The van der Waals surface area contributed by atoms with Crippen LogP contribution in [-0.2, 0) is 7.05 Å². The summed E-state index contributed by atoms with van der Waals surface area (Å²) in [5.41, 5.74) is 1.85. The van der Waals surface area contributed by atoms with Crippen molar-refractivity contribution in [3.8, 4) is 0 Å². The average molecular weight is 351 g/mol. The Bertz CT molecular complexity index is 664. The Labute approximate surface area is 130 Å². The van der Waals surface area contributed by atoms with Crippen molar-refractivity contribution >= 4 is 39.2 Å². The van der Waals surface area contributed by atoms with E-state index >= 15 is 0 Å². The van der Waals surface area contributed by atoms with E-state index in [0.29, 0.717) is 17.1 Å². The number of urea groups is 1. The van der Waals surface area contributed by atoms with Gasteiger partial charge in [0, 0.05) is 36.1 Å². The lowest BCUT2D eigenvalue weighted by Crippen LogP contribution is -2.24. The molecule has 0 aliphatic carbocycles. The molecule has 3 N–H and O–H groups in total. The zero-order valence-electron chi connectivity index (χ0n) is 11.6. The number of amides is 3. The minimum atomic E-state index is -0.291. The smallest absolute Gasteiger partial charge is 0.318 e. The fraction of sp³-hybridized carbons (Fsp3) is 0.143. The second-order valence-electron chi connectivity index (χ2n) is 4.39. The summed E-state index contributed by atoms with van der Waals surface area (Å²) in [6, 6.07) is 8.33. The maximum Gasteiger partial charge on any atom is 0.318 e. The van der Waals surface area contributed by atoms with Gasteiger partial charge in [0.2, 0.25) is 0 Å². The van der Waals surface area contributed by atoms with E-state index in [1.165, 1.54) is 0 Å². The van der Waals surface area contributed by atoms with Gasteiger partial charge in [-0.05, 0) is 46.3 Å². The molecule has 6 nitrogen and oxygen atoms in total. The molecule has 1 aromatic heterocycles. The number of hydrogen-bond acceptors (Lipinski definition) is 2. The van der Waals surface area contributed by atoms with Crippen LogP contribution in [0.25, 0.3) is 0 Å². The predicted octanol–water partition coefficient (Wildman–Crippen LogP) is 2.79. The highest BCUT2D eigenvalue weighted by atomic mass is 79.9. The summed E-state index contributed by atoms with van der Waals surface area (Å²) in [5, 5.41) is 7.90. The van der Waals surface area contributed by atoms with Gasteiger partial charge in [0.25, 0.3) is 5.91 Å². The molecule has 3 amide bonds. The van der Waals surface area contributed by atoms with Gasteiger partial charge in [-0.15, -0.1) is 0 Å². The molecule has 7 heteroatoms. The molecule has 2 aromatic rings. The van der Waals surface area contributed by atoms with Crippen molar-refractivity contribution in [2.24, 2.45) is 7.05 Å². The van der Waals surface area contributed by atoms with Crippen LogP contribution in [0.15, 0.2) is 41.0 Å². The minimum absolute atomic E-state index is 0.199. The number of nitrogens with zero attached hydrogens (tertiary/aromatic N) is 1. The number of nitrogens with one attached hydrogen (secondary N) is 3. The molecule has 0 bridgehead atoms. The molecule has 0 aliphatic heterocycles. The number of hydrogen-bond donors (Lipinski definition) is 3. The van der Waals surface area contributed by atoms with Crippen LogP contribution in [-0.4, -0.2) is 23.6 Å². The molecule has 0 radical (unpaired) electrons. The van der Waals surface area contributed by atoms with E-state index in [4.69, 9.17) is 0 Å². The molecule has 110 valence electrons. The summed E-state index contributed by atoms with van der Waals surface area (Å²) in [7, 11) is 3.35. The van der Waals surface area contributed by atoms with Crippen molar-refractivity contribution in [3.63, 3.8) is 0 Å². The Kier molecular flexibility index (Phi) is 4.64. The largest absolute Gasteiger partial charge is 0.345 e. The van der Waals surface area contributed by atoms with Crippen molar-refractivity contribution in [3.05, 3.63) is 46.7 Å². The number of halogens is 1. The molecule has 21 heavy (non-hydrogen) atoms. The quantitative estimate of drug-likeness (QED) is 0.796. The third-order valence-electron chi connectivity index (χ3n) is 2.83. The summed E-state index contributed by atoms with van der Waals surface area (Å²) < 4.78 is 2.58. The van der Waals surface area contributed by atoms with Gasteiger partial charge in [0.15, 0.2) is 0 Å². The molecule has 0 saturated heterocycles. The highest BCUT2D eigenvalue weighted by Crippen LogP contribution is 2.17. The zero-order valence-corrected chi connectivity index (χ0v) is 13.2. The van der Waals surface area contributed by atoms with Crippen LogP contribution in [0.4, 0.5) is 16.2 Å². The SMILES string of the molecule is CNC(=O)Nc1ccc(NC(=O)c2cc(Br)cn2C)cc1. The second-order valence-corrected chi connectivity index (χ2v) is 5.31. The van der Waals surface area contributed by atoms with Crippen LogP contribution in [0.3, 0.4) is 0 Å². The van der Waals surface area contributed by atoms with Crippen LogP contribution in [0.2, 0.25) is 0 Å². The Balaban J connectivity index is 2.05. The van der Waals surface area contributed by atoms with E-state index in [1.807, 2.05) is 6.20 Å². The summed E-state index contributed by atoms with van der Waals surface area (Å²) in [6.45, 7) is 0. The van der Waals surface area contributed by atoms with E-state index in [9.17, 15) is 9.59 Å². The van der Waals surface area contributed by atoms with Crippen molar-refractivity contribution < 1.29 is 9.59 Å². The first-order valence-electron chi connectivity index (χ1n) is 6.21. The van der Waals surface area contributed by atoms with E-state index in [2.05, 4.69) is 31.9 Å². The normalized spacial score (nSPS) is 10.0. The van der Waals surface area contributed by atoms with Gasteiger partial charge in [-0.1, -0.05) is 0 Å². The third kappa shape index (κ3) is 3.85. The van der Waals surface area contributed by atoms with Gasteiger partial charge in [-0.25, -0.2) is 4.79 Å². The van der Waals surface area contributed by atoms with Gasteiger partial charge in [-0.3, -0.25) is 4.79 Å². The highest BCUT2D eigenvalue weighted by Gasteiger charge is 2.11. The first-order chi connectivity index (χ1) is 9.99. The van der Waals surface area contributed by atoms with Crippen molar-refractivity contribution in [2.45, 2.75) is 0 Å². The Morgan fingerprint density at radius 2 is 1.67 bits per heavy atom. The van der Waals surface area contributed by atoms with Gasteiger partial charge >= 0.3 is 6.03 Å². The molecule has 1 heterocycles. The lowest BCUT2D eigenvalue weighted by Gasteiger charge is -2.08. The molecule has 1 aromatic carbocycles. The predicted molar refractivity (Wildman–Crippen MR) is 85.6 cm³/mol. The van der Waals surface area contributed by atoms with Crippen LogP contribution < -0.4 is 16.0 Å². The molecule has 0 aliphatic rings. The van der Waals surface area contributed by atoms with Crippen LogP contribution >= 0.6 is 15.9 Å². The van der Waals surface area contributed by atoms with Crippen molar-refractivity contribution in [1.29, 1.82) is 0 Å². The molecule has 2 rings (SSSR count). The van der Waals surface area contributed by atoms with E-state index in [0.717, 1.165) is 4.47 Å². The summed E-state index contributed by atoms with van der Waals surface area (Å²) in [6.07, 6.45) is 1.81. The molecule has 0 spiro atoms. The molecule has 0 saturated carbocycles. The fourth-order valence-electron chi connectivity index (χ4n) is 1.78. The Morgan fingerprint density at radius 1 is 1.10 bits per heavy atom. The maximum absolute atomic E-state index is 12.1. The third-order valence-corrected chi connectivity index (χ3v) is 3.27. The topological polar surface area (TPSA) is 75.2 Å². The number of rotatable bonds is 3. The van der Waals surface area contributed by atoms with Crippen LogP contribution in [0.1, 0.15) is 10.5 Å². The first-order valence-corrected chi connectivity index (χ1v) is 7.01. The lowest BCUT2D eigenvalue weighted by molar-refractivity contribution is 0.101. The van der Waals surface area contributed by atoms with E-state index in [1.54, 1.807) is 49.0 Å². The molecule has 0 unspecified atom stereocenters. The number of carbonyl (C=O) groups is 2. The summed E-state index contributed by atoms with van der Waals surface area (Å²) in [4.78, 5) is 23.3. The molecular weight excluding hydrogens is 336 g/mol. The average Bonchev–Trinajstić information content (AvgIpc) is 2.80. The monoisotopic (exact) mass is 350 g/mol. The number of anilines is 2. The second kappa shape index (κ2) is 6.45. The summed E-state index contributed by atoms with van der Waals surface area (Å²) >= 11 is 3.33. The molecule has 0 fully saturated rings. The van der Waals surface area contributed by atoms with Gasteiger partial charge in [-0.2, -0.15) is 0 Å². The molecule has 0 atom stereocenters. The number of aromatic nitrogens is 1. The first kappa shape index (κ1) is 15.1. The van der Waals surface area contributed by atoms with Gasteiger partial charge in [0.1, 0.15) is 5.69 Å². The van der Waals surface area contributed by atoms with Crippen LogP contribution in [0, 0.1) is 0 Å². The van der Waals surface area contributed by atoms with Crippen LogP contribution in [0.5, 0.6) is 0 Å². The summed E-state index contributed by atoms with van der Waals surface area (Å²) in [5.74, 6) is -0.199. The van der Waals surface area contributed by atoms with Crippen molar-refractivity contribution in [1.82, 2.24) is 9.88 Å². The number of aryl methyl sites for hydroxylation is 1. The lowest BCUT2D eigenvalue weighted by atomic mass is 10.2. The Morgan fingerprint density at radius 3 is 2.14 bits per heavy atom. The number of benzene rings is 1. The molecular formula is C14H15BrN4O2. The van der Waals surface area contributed by atoms with E-state index < -0.39 is 0 Å². The van der Waals surface area contributed by atoms with Gasteiger partial charge < -0.3 is 20.5 Å². The highest BCUT2D eigenvalue weighted by molar-refractivity contribution is 9.10. The minimum Gasteiger partial charge on any atom is -0.345 e. The Hall–Kier alpha value is -2.28. The standard InChI is InChI=1S/C14H15BrN4O2/c1-16-14(21)18-11-5-3-10(4-6-11)17-13(20)12-7-9(15)8-19(12)2/h3-8H,1-2H3,(H,17,20)(H2,16,18,21). The van der Waals surface area contributed by atoms with Crippen molar-refractivity contribution in [2.75, 3.05) is 17.7 Å². The fourth-order valence-corrected chi connectivity index (χ4v) is 2.30. The van der Waals surface area contributed by atoms with E-state index in [-0.39, 0.29) is 11.9 Å². The number of carbonyl (C=O) groups excluding carboxylic acids is 2.